The highest BCUT2D eigenvalue weighted by atomic mass is 16.6. The lowest BCUT2D eigenvalue weighted by atomic mass is 10.0. The monoisotopic (exact) mass is 470 g/mol. The minimum absolute atomic E-state index is 0.493. The van der Waals surface area contributed by atoms with Crippen molar-refractivity contribution in [2.75, 3.05) is 6.61 Å². The number of ether oxygens (including phenoxy) is 2. The number of aryl methyl sites for hydroxylation is 2. The van der Waals surface area contributed by atoms with Crippen molar-refractivity contribution in [3.05, 3.63) is 83.7 Å². The summed E-state index contributed by atoms with van der Waals surface area (Å²) in [5.41, 5.74) is 2.99. The molecular weight excluding hydrogens is 444 g/mol. The van der Waals surface area contributed by atoms with Crippen LogP contribution < -0.4 is 10.1 Å². The van der Waals surface area contributed by atoms with Gasteiger partial charge in [-0.05, 0) is 66.8 Å². The van der Waals surface area contributed by atoms with Crippen LogP contribution in [0.1, 0.15) is 29.9 Å². The van der Waals surface area contributed by atoms with Gasteiger partial charge in [0.25, 0.3) is 0 Å². The summed E-state index contributed by atoms with van der Waals surface area (Å²) in [5, 5.41) is 4.86. The van der Waals surface area contributed by atoms with Gasteiger partial charge in [-0.1, -0.05) is 42.5 Å². The van der Waals surface area contributed by atoms with Gasteiger partial charge in [-0.15, -0.1) is 0 Å². The Labute approximate surface area is 203 Å². The van der Waals surface area contributed by atoms with Gasteiger partial charge < -0.3 is 19.2 Å². The number of oxazole rings is 1. The van der Waals surface area contributed by atoms with Crippen molar-refractivity contribution in [3.63, 3.8) is 0 Å². The molecule has 1 aliphatic heterocycles. The molecule has 3 aromatic carbocycles. The molecule has 2 heterocycles. The molecule has 0 spiro atoms. The van der Waals surface area contributed by atoms with E-state index in [1.165, 1.54) is 5.39 Å². The van der Waals surface area contributed by atoms with Gasteiger partial charge in [0.1, 0.15) is 17.6 Å². The zero-order valence-corrected chi connectivity index (χ0v) is 19.5. The third-order valence-electron chi connectivity index (χ3n) is 6.15. The van der Waals surface area contributed by atoms with Gasteiger partial charge in [-0.2, -0.15) is 0 Å². The molecule has 35 heavy (non-hydrogen) atoms. The van der Waals surface area contributed by atoms with Crippen molar-refractivity contribution in [1.82, 2.24) is 10.3 Å². The van der Waals surface area contributed by atoms with E-state index in [-0.39, 0.29) is 0 Å². The minimum Gasteiger partial charge on any atom is -0.493 e. The number of hydrogen-bond acceptors (Lipinski definition) is 6. The summed E-state index contributed by atoms with van der Waals surface area (Å²) in [4.78, 5) is 27.2. The topological polar surface area (TPSA) is 90.7 Å². The number of nitrogens with one attached hydrogen (secondary N) is 1. The zero-order chi connectivity index (χ0) is 24.2. The summed E-state index contributed by atoms with van der Waals surface area (Å²) in [6.45, 7) is 2.42. The Balaban J connectivity index is 1.11. The van der Waals surface area contributed by atoms with Crippen LogP contribution in [-0.2, 0) is 22.4 Å². The number of cyclic esters (lactones) is 2. The first-order valence-corrected chi connectivity index (χ1v) is 11.7. The first-order valence-electron chi connectivity index (χ1n) is 11.7. The number of alkyl carbamates (subject to hydrolysis) is 1. The van der Waals surface area contributed by atoms with Crippen LogP contribution in [0.4, 0.5) is 4.79 Å². The average Bonchev–Trinajstić information content (AvgIpc) is 3.40. The van der Waals surface area contributed by atoms with E-state index in [9.17, 15) is 9.59 Å². The Hall–Kier alpha value is -4.13. The molecule has 1 amide bonds. The molecular formula is C28H26N2O5. The quantitative estimate of drug-likeness (QED) is 0.261. The van der Waals surface area contributed by atoms with E-state index < -0.39 is 18.1 Å². The van der Waals surface area contributed by atoms with E-state index in [0.717, 1.165) is 46.6 Å². The predicted molar refractivity (Wildman–Crippen MR) is 131 cm³/mol. The second-order valence-electron chi connectivity index (χ2n) is 8.62. The maximum absolute atomic E-state index is 11.5. The van der Waals surface area contributed by atoms with Crippen LogP contribution in [0.2, 0.25) is 0 Å². The van der Waals surface area contributed by atoms with E-state index in [1.807, 2.05) is 49.4 Å². The highest BCUT2D eigenvalue weighted by molar-refractivity contribution is 5.95. The molecule has 1 N–H and O–H groups in total. The lowest BCUT2D eigenvalue weighted by Gasteiger charge is -2.08. The van der Waals surface area contributed by atoms with Crippen LogP contribution in [0.25, 0.3) is 22.2 Å². The van der Waals surface area contributed by atoms with Crippen LogP contribution in [0.15, 0.2) is 71.1 Å². The van der Waals surface area contributed by atoms with Gasteiger partial charge >= 0.3 is 12.1 Å². The summed E-state index contributed by atoms with van der Waals surface area (Å²) in [5.74, 6) is 1.72. The van der Waals surface area contributed by atoms with Crippen LogP contribution in [0.3, 0.4) is 0 Å². The molecule has 7 nitrogen and oxygen atoms in total. The lowest BCUT2D eigenvalue weighted by Crippen LogP contribution is -2.28. The number of rotatable bonds is 9. The van der Waals surface area contributed by atoms with Crippen LogP contribution in [-0.4, -0.2) is 29.7 Å². The number of nitrogens with zero attached hydrogens (tertiary/aromatic N) is 1. The average molecular weight is 471 g/mol. The first kappa shape index (κ1) is 22.7. The second-order valence-corrected chi connectivity index (χ2v) is 8.62. The van der Waals surface area contributed by atoms with Crippen LogP contribution in [0, 0.1) is 6.92 Å². The van der Waals surface area contributed by atoms with Gasteiger partial charge in [0.05, 0.1) is 12.3 Å². The molecule has 7 heteroatoms. The number of carbonyl (C=O) groups excluding carboxylic acids is 2. The summed E-state index contributed by atoms with van der Waals surface area (Å²) < 4.78 is 16.3. The molecule has 1 fully saturated rings. The summed E-state index contributed by atoms with van der Waals surface area (Å²) in [7, 11) is 0. The second kappa shape index (κ2) is 10.0. The fraction of sp³-hybridized carbons (Fsp3) is 0.250. The smallest absolute Gasteiger partial charge is 0.415 e. The lowest BCUT2D eigenvalue weighted by molar-refractivity contribution is -0.135. The Morgan fingerprint density at radius 1 is 0.971 bits per heavy atom. The van der Waals surface area contributed by atoms with Crippen molar-refractivity contribution >= 4 is 22.8 Å². The Morgan fingerprint density at radius 3 is 2.54 bits per heavy atom. The van der Waals surface area contributed by atoms with Crippen molar-refractivity contribution < 1.29 is 23.5 Å². The van der Waals surface area contributed by atoms with Crippen LogP contribution >= 0.6 is 0 Å². The fourth-order valence-electron chi connectivity index (χ4n) is 4.22. The molecule has 0 radical (unpaired) electrons. The van der Waals surface area contributed by atoms with Crippen LogP contribution in [0.5, 0.6) is 5.75 Å². The highest BCUT2D eigenvalue weighted by Crippen LogP contribution is 2.26. The largest absolute Gasteiger partial charge is 0.493 e. The molecule has 1 atom stereocenters. The van der Waals surface area contributed by atoms with E-state index in [2.05, 4.69) is 34.3 Å². The molecule has 1 aliphatic rings. The van der Waals surface area contributed by atoms with Crippen molar-refractivity contribution in [2.24, 2.45) is 0 Å². The maximum Gasteiger partial charge on any atom is 0.415 e. The first-order chi connectivity index (χ1) is 17.0. The van der Waals surface area contributed by atoms with Crippen molar-refractivity contribution in [2.45, 2.75) is 38.6 Å². The molecule has 1 unspecified atom stereocenters. The Morgan fingerprint density at radius 2 is 1.77 bits per heavy atom. The molecule has 1 saturated heterocycles. The number of esters is 1. The third-order valence-corrected chi connectivity index (χ3v) is 6.15. The predicted octanol–water partition coefficient (Wildman–Crippen LogP) is 5.38. The summed E-state index contributed by atoms with van der Waals surface area (Å²) in [6.07, 6.45) is 2.11. The molecule has 4 aromatic rings. The minimum atomic E-state index is -0.660. The number of aromatic nitrogens is 1. The van der Waals surface area contributed by atoms with Gasteiger partial charge in [-0.25, -0.2) is 14.6 Å². The summed E-state index contributed by atoms with van der Waals surface area (Å²) in [6, 6.07) is 21.8. The van der Waals surface area contributed by atoms with Crippen molar-refractivity contribution in [3.8, 4) is 17.2 Å². The Bertz CT molecular complexity index is 1360. The summed E-state index contributed by atoms with van der Waals surface area (Å²) >= 11 is 0. The molecule has 0 saturated carbocycles. The van der Waals surface area contributed by atoms with Gasteiger partial charge in [0.15, 0.2) is 0 Å². The van der Waals surface area contributed by atoms with E-state index in [1.54, 1.807) is 0 Å². The molecule has 178 valence electrons. The number of amides is 1. The molecule has 1 aromatic heterocycles. The molecule has 0 bridgehead atoms. The molecule has 0 aliphatic carbocycles. The number of fused-ring (bicyclic) bond motifs is 1. The third kappa shape index (κ3) is 5.35. The highest BCUT2D eigenvalue weighted by Gasteiger charge is 2.31. The SMILES string of the molecule is Cc1oc(-c2ccc3ccccc3c2)nc1CCOc1ccc(CCCC2NC(=O)OC2=O)cc1. The van der Waals surface area contributed by atoms with Gasteiger partial charge in [-0.3, -0.25) is 0 Å². The van der Waals surface area contributed by atoms with Crippen molar-refractivity contribution in [1.29, 1.82) is 0 Å². The maximum atomic E-state index is 11.5. The number of benzene rings is 3. The van der Waals surface area contributed by atoms with E-state index in [0.29, 0.717) is 25.3 Å². The van der Waals surface area contributed by atoms with Gasteiger partial charge in [0.2, 0.25) is 5.89 Å². The normalized spacial score (nSPS) is 15.3. The van der Waals surface area contributed by atoms with Gasteiger partial charge in [0, 0.05) is 12.0 Å². The zero-order valence-electron chi connectivity index (χ0n) is 19.5. The number of carbonyl (C=O) groups is 2. The fourth-order valence-corrected chi connectivity index (χ4v) is 4.22. The molecule has 5 rings (SSSR count). The van der Waals surface area contributed by atoms with E-state index in [4.69, 9.17) is 14.1 Å². The standard InChI is InChI=1S/C28H26N2O5/c1-18-24(29-26(34-18)22-12-11-20-6-2-3-7-21(20)17-22)15-16-33-23-13-9-19(10-14-23)5-4-8-25-27(31)35-28(32)30-25/h2-3,6-7,9-14,17,25H,4-5,8,15-16H2,1H3,(H,30,32). The van der Waals surface area contributed by atoms with E-state index >= 15 is 0 Å². The number of hydrogen-bond donors (Lipinski definition) is 1. The Kier molecular flexibility index (Phi) is 6.48.